The minimum absolute atomic E-state index is 0.272. The molecular formula is C8H19NO. The molecule has 0 radical (unpaired) electrons. The van der Waals surface area contributed by atoms with E-state index in [9.17, 15) is 0 Å². The van der Waals surface area contributed by atoms with E-state index in [0.717, 1.165) is 19.5 Å². The first-order chi connectivity index (χ1) is 4.76. The summed E-state index contributed by atoms with van der Waals surface area (Å²) in [5, 5.41) is 8.82. The molecule has 0 heterocycles. The highest BCUT2D eigenvalue weighted by Gasteiger charge is 2.07. The molecule has 0 saturated heterocycles. The fourth-order valence-corrected chi connectivity index (χ4v) is 1.09. The summed E-state index contributed by atoms with van der Waals surface area (Å²) in [6, 6.07) is 0.324. The van der Waals surface area contributed by atoms with Crippen LogP contribution in [-0.4, -0.2) is 35.7 Å². The lowest BCUT2D eigenvalue weighted by molar-refractivity contribution is 0.140. The zero-order chi connectivity index (χ0) is 7.98. The Kier molecular flexibility index (Phi) is 5.64. The minimum atomic E-state index is 0.272. The molecule has 0 fully saturated rings. The number of nitrogens with zero attached hydrogens (tertiary/aromatic N) is 1. The summed E-state index contributed by atoms with van der Waals surface area (Å²) in [6.07, 6.45) is 1.16. The summed E-state index contributed by atoms with van der Waals surface area (Å²) in [7, 11) is 0. The monoisotopic (exact) mass is 145 g/mol. The molecule has 0 bridgehead atoms. The lowest BCUT2D eigenvalue weighted by atomic mass is 10.3. The zero-order valence-electron chi connectivity index (χ0n) is 7.30. The number of likely N-dealkylation sites (N-methyl/N-ethyl adjacent to an activating group) is 1. The smallest absolute Gasteiger partial charge is 0.0584 e. The molecule has 0 amide bonds. The first-order valence-corrected chi connectivity index (χ1v) is 4.11. The van der Waals surface area contributed by atoms with Gasteiger partial charge in [0, 0.05) is 6.04 Å². The Morgan fingerprint density at radius 3 is 2.30 bits per heavy atom. The van der Waals surface area contributed by atoms with Crippen molar-refractivity contribution in [1.82, 2.24) is 4.90 Å². The second kappa shape index (κ2) is 5.69. The van der Waals surface area contributed by atoms with Crippen molar-refractivity contribution in [3.8, 4) is 0 Å². The van der Waals surface area contributed by atoms with Crippen molar-refractivity contribution < 1.29 is 5.11 Å². The SMILES string of the molecule is CCCN(CC)[C@H](C)CO. The molecule has 0 unspecified atom stereocenters. The molecule has 10 heavy (non-hydrogen) atoms. The first-order valence-electron chi connectivity index (χ1n) is 4.11. The summed E-state index contributed by atoms with van der Waals surface area (Å²) in [5.41, 5.74) is 0. The number of hydrogen-bond acceptors (Lipinski definition) is 2. The number of aliphatic hydroxyl groups is 1. The number of aliphatic hydroxyl groups excluding tert-OH is 1. The maximum Gasteiger partial charge on any atom is 0.0584 e. The Labute approximate surface area is 63.8 Å². The molecule has 0 rings (SSSR count). The molecule has 0 aliphatic carbocycles. The zero-order valence-corrected chi connectivity index (χ0v) is 7.30. The van der Waals surface area contributed by atoms with Crippen molar-refractivity contribution >= 4 is 0 Å². The van der Waals surface area contributed by atoms with Gasteiger partial charge in [-0.15, -0.1) is 0 Å². The van der Waals surface area contributed by atoms with Crippen LogP contribution in [-0.2, 0) is 0 Å². The van der Waals surface area contributed by atoms with Crippen LogP contribution in [0.5, 0.6) is 0 Å². The van der Waals surface area contributed by atoms with E-state index >= 15 is 0 Å². The molecule has 62 valence electrons. The largest absolute Gasteiger partial charge is 0.395 e. The van der Waals surface area contributed by atoms with Crippen LogP contribution in [0.4, 0.5) is 0 Å². The van der Waals surface area contributed by atoms with Gasteiger partial charge in [0.25, 0.3) is 0 Å². The third kappa shape index (κ3) is 3.18. The predicted molar refractivity (Wildman–Crippen MR) is 44.1 cm³/mol. The van der Waals surface area contributed by atoms with Gasteiger partial charge in [-0.2, -0.15) is 0 Å². The topological polar surface area (TPSA) is 23.5 Å². The van der Waals surface area contributed by atoms with Crippen molar-refractivity contribution in [2.75, 3.05) is 19.7 Å². The molecule has 0 saturated carbocycles. The molecule has 0 aliphatic rings. The fourth-order valence-electron chi connectivity index (χ4n) is 1.09. The van der Waals surface area contributed by atoms with Crippen molar-refractivity contribution in [1.29, 1.82) is 0 Å². The van der Waals surface area contributed by atoms with Gasteiger partial charge in [0.2, 0.25) is 0 Å². The summed E-state index contributed by atoms with van der Waals surface area (Å²) in [5.74, 6) is 0. The van der Waals surface area contributed by atoms with Crippen LogP contribution in [0.3, 0.4) is 0 Å². The van der Waals surface area contributed by atoms with Gasteiger partial charge in [0.05, 0.1) is 6.61 Å². The summed E-state index contributed by atoms with van der Waals surface area (Å²) in [6.45, 7) is 8.75. The van der Waals surface area contributed by atoms with E-state index in [4.69, 9.17) is 5.11 Å². The van der Waals surface area contributed by atoms with E-state index < -0.39 is 0 Å². The molecular weight excluding hydrogens is 126 g/mol. The van der Waals surface area contributed by atoms with Gasteiger partial charge >= 0.3 is 0 Å². The van der Waals surface area contributed by atoms with Gasteiger partial charge < -0.3 is 5.11 Å². The highest BCUT2D eigenvalue weighted by atomic mass is 16.3. The first kappa shape index (κ1) is 9.92. The molecule has 0 spiro atoms. The second-order valence-electron chi connectivity index (χ2n) is 2.66. The minimum Gasteiger partial charge on any atom is -0.395 e. The van der Waals surface area contributed by atoms with Gasteiger partial charge in [0.15, 0.2) is 0 Å². The van der Waals surface area contributed by atoms with Gasteiger partial charge in [-0.3, -0.25) is 4.90 Å². The Morgan fingerprint density at radius 1 is 1.40 bits per heavy atom. The summed E-state index contributed by atoms with van der Waals surface area (Å²) in [4.78, 5) is 2.28. The maximum atomic E-state index is 8.82. The lowest BCUT2D eigenvalue weighted by Crippen LogP contribution is -2.35. The van der Waals surface area contributed by atoms with E-state index in [2.05, 4.69) is 25.7 Å². The van der Waals surface area contributed by atoms with Crippen molar-refractivity contribution in [3.63, 3.8) is 0 Å². The van der Waals surface area contributed by atoms with Crippen LogP contribution in [0.2, 0.25) is 0 Å². The van der Waals surface area contributed by atoms with Crippen molar-refractivity contribution in [3.05, 3.63) is 0 Å². The highest BCUT2D eigenvalue weighted by molar-refractivity contribution is 4.62. The predicted octanol–water partition coefficient (Wildman–Crippen LogP) is 1.10. The third-order valence-corrected chi connectivity index (χ3v) is 1.80. The number of rotatable bonds is 5. The Bertz CT molecular complexity index is 75.7. The van der Waals surface area contributed by atoms with E-state index in [0.29, 0.717) is 6.04 Å². The van der Waals surface area contributed by atoms with Crippen LogP contribution < -0.4 is 0 Å². The molecule has 0 aromatic rings. The van der Waals surface area contributed by atoms with Crippen LogP contribution >= 0.6 is 0 Å². The summed E-state index contributed by atoms with van der Waals surface area (Å²) >= 11 is 0. The molecule has 2 heteroatoms. The van der Waals surface area contributed by atoms with Gasteiger partial charge in [-0.05, 0) is 26.4 Å². The third-order valence-electron chi connectivity index (χ3n) is 1.80. The second-order valence-corrected chi connectivity index (χ2v) is 2.66. The molecule has 0 aliphatic heterocycles. The van der Waals surface area contributed by atoms with E-state index in [1.807, 2.05) is 0 Å². The van der Waals surface area contributed by atoms with Crippen LogP contribution in [0, 0.1) is 0 Å². The van der Waals surface area contributed by atoms with Crippen LogP contribution in [0.1, 0.15) is 27.2 Å². The average Bonchev–Trinajstić information content (AvgIpc) is 1.99. The van der Waals surface area contributed by atoms with Crippen LogP contribution in [0.25, 0.3) is 0 Å². The molecule has 0 aromatic carbocycles. The Balaban J connectivity index is 3.56. The van der Waals surface area contributed by atoms with Gasteiger partial charge in [-0.25, -0.2) is 0 Å². The summed E-state index contributed by atoms with van der Waals surface area (Å²) < 4.78 is 0. The van der Waals surface area contributed by atoms with Crippen molar-refractivity contribution in [2.45, 2.75) is 33.2 Å². The number of hydrogen-bond donors (Lipinski definition) is 1. The maximum absolute atomic E-state index is 8.82. The molecule has 1 N–H and O–H groups in total. The molecule has 2 nitrogen and oxygen atoms in total. The van der Waals surface area contributed by atoms with Gasteiger partial charge in [-0.1, -0.05) is 13.8 Å². The highest BCUT2D eigenvalue weighted by Crippen LogP contribution is 1.97. The van der Waals surface area contributed by atoms with E-state index in [-0.39, 0.29) is 6.61 Å². The Hall–Kier alpha value is -0.0800. The molecule has 1 atom stereocenters. The lowest BCUT2D eigenvalue weighted by Gasteiger charge is -2.25. The van der Waals surface area contributed by atoms with Gasteiger partial charge in [0.1, 0.15) is 0 Å². The normalized spacial score (nSPS) is 14.1. The van der Waals surface area contributed by atoms with Crippen LogP contribution in [0.15, 0.2) is 0 Å². The van der Waals surface area contributed by atoms with E-state index in [1.54, 1.807) is 0 Å². The average molecular weight is 145 g/mol. The Morgan fingerprint density at radius 2 is 2.00 bits per heavy atom. The van der Waals surface area contributed by atoms with Crippen molar-refractivity contribution in [2.24, 2.45) is 0 Å². The standard InChI is InChI=1S/C8H19NO/c1-4-6-9(5-2)8(3)7-10/h8,10H,4-7H2,1-3H3/t8-/m1/s1. The quantitative estimate of drug-likeness (QED) is 0.626. The fraction of sp³-hybridized carbons (Fsp3) is 1.00. The van der Waals surface area contributed by atoms with E-state index in [1.165, 1.54) is 0 Å². The molecule has 0 aromatic heterocycles.